The number of piperazine rings is 1. The number of carbonyl (C=O) groups is 1. The highest BCUT2D eigenvalue weighted by molar-refractivity contribution is 5.94. The first-order valence-electron chi connectivity index (χ1n) is 9.23. The number of amides is 1. The maximum absolute atomic E-state index is 12.6. The number of hydrogen-bond donors (Lipinski definition) is 0. The molecule has 0 N–H and O–H groups in total. The zero-order valence-electron chi connectivity index (χ0n) is 15.7. The molecule has 2 aromatic rings. The maximum atomic E-state index is 12.6. The molecule has 0 unspecified atom stereocenters. The third-order valence-corrected chi connectivity index (χ3v) is 4.77. The van der Waals surface area contributed by atoms with Crippen LogP contribution in [0.15, 0.2) is 36.7 Å². The highest BCUT2D eigenvalue weighted by Gasteiger charge is 2.31. The number of ether oxygens (including phenoxy) is 1. The van der Waals surface area contributed by atoms with Crippen molar-refractivity contribution in [2.75, 3.05) is 32.7 Å². The number of aromatic nitrogens is 2. The smallest absolute Gasteiger partial charge is 0.406 e. The second-order valence-corrected chi connectivity index (χ2v) is 6.60. The highest BCUT2D eigenvalue weighted by atomic mass is 19.4. The Balaban J connectivity index is 1.48. The lowest BCUT2D eigenvalue weighted by molar-refractivity contribution is -0.274. The van der Waals surface area contributed by atoms with Crippen LogP contribution in [0.1, 0.15) is 23.1 Å². The van der Waals surface area contributed by atoms with Gasteiger partial charge in [-0.1, -0.05) is 6.92 Å². The second-order valence-electron chi connectivity index (χ2n) is 6.60. The van der Waals surface area contributed by atoms with Crippen molar-refractivity contribution in [2.45, 2.75) is 26.3 Å². The summed E-state index contributed by atoms with van der Waals surface area (Å²) in [4.78, 5) is 20.9. The summed E-state index contributed by atoms with van der Waals surface area (Å²) in [6, 6.07) is 5.04. The van der Waals surface area contributed by atoms with Gasteiger partial charge >= 0.3 is 6.36 Å². The molecule has 0 spiro atoms. The molecule has 1 aliphatic rings. The number of alkyl halides is 3. The largest absolute Gasteiger partial charge is 0.573 e. The fraction of sp³-hybridized carbons (Fsp3) is 0.474. The second kappa shape index (κ2) is 8.64. The van der Waals surface area contributed by atoms with E-state index in [1.165, 1.54) is 12.1 Å². The number of rotatable bonds is 6. The molecule has 1 aliphatic heterocycles. The molecule has 28 heavy (non-hydrogen) atoms. The van der Waals surface area contributed by atoms with Crippen molar-refractivity contribution in [3.63, 3.8) is 0 Å². The highest BCUT2D eigenvalue weighted by Crippen LogP contribution is 2.23. The van der Waals surface area contributed by atoms with Crippen molar-refractivity contribution in [1.29, 1.82) is 0 Å². The molecule has 9 heteroatoms. The van der Waals surface area contributed by atoms with E-state index in [4.69, 9.17) is 0 Å². The Morgan fingerprint density at radius 1 is 1.11 bits per heavy atom. The minimum Gasteiger partial charge on any atom is -0.406 e. The van der Waals surface area contributed by atoms with Gasteiger partial charge in [0.1, 0.15) is 11.6 Å². The fourth-order valence-corrected chi connectivity index (χ4v) is 3.26. The molecule has 1 amide bonds. The molecule has 1 aromatic carbocycles. The quantitative estimate of drug-likeness (QED) is 0.754. The lowest BCUT2D eigenvalue weighted by atomic mass is 10.1. The molecule has 0 radical (unpaired) electrons. The van der Waals surface area contributed by atoms with Crippen molar-refractivity contribution in [2.24, 2.45) is 0 Å². The van der Waals surface area contributed by atoms with E-state index < -0.39 is 6.36 Å². The Morgan fingerprint density at radius 2 is 1.79 bits per heavy atom. The van der Waals surface area contributed by atoms with Gasteiger partial charge in [-0.25, -0.2) is 4.98 Å². The van der Waals surface area contributed by atoms with Crippen LogP contribution < -0.4 is 4.74 Å². The summed E-state index contributed by atoms with van der Waals surface area (Å²) in [6.07, 6.45) is -0.0657. The summed E-state index contributed by atoms with van der Waals surface area (Å²) >= 11 is 0. The molecule has 0 atom stereocenters. The van der Waals surface area contributed by atoms with Crippen molar-refractivity contribution in [3.8, 4) is 5.75 Å². The molecule has 0 saturated carbocycles. The Morgan fingerprint density at radius 3 is 2.39 bits per heavy atom. The van der Waals surface area contributed by atoms with Gasteiger partial charge in [-0.05, 0) is 24.3 Å². The summed E-state index contributed by atoms with van der Waals surface area (Å²) < 4.78 is 42.6. The van der Waals surface area contributed by atoms with E-state index >= 15 is 0 Å². The van der Waals surface area contributed by atoms with E-state index in [0.717, 1.165) is 50.6 Å². The monoisotopic (exact) mass is 396 g/mol. The van der Waals surface area contributed by atoms with Gasteiger partial charge < -0.3 is 14.2 Å². The molecule has 1 saturated heterocycles. The molecule has 1 fully saturated rings. The topological polar surface area (TPSA) is 50.6 Å². The number of hydrogen-bond acceptors (Lipinski definition) is 4. The number of nitrogens with zero attached hydrogens (tertiary/aromatic N) is 4. The molecule has 6 nitrogen and oxygen atoms in total. The Hall–Kier alpha value is -2.55. The normalized spacial score (nSPS) is 15.6. The van der Waals surface area contributed by atoms with Crippen LogP contribution in [-0.4, -0.2) is 64.3 Å². The maximum Gasteiger partial charge on any atom is 0.573 e. The van der Waals surface area contributed by atoms with Gasteiger partial charge in [0, 0.05) is 63.6 Å². The summed E-state index contributed by atoms with van der Waals surface area (Å²) in [5.41, 5.74) is 0.356. The van der Waals surface area contributed by atoms with Gasteiger partial charge in [0.15, 0.2) is 0 Å². The van der Waals surface area contributed by atoms with Crippen LogP contribution in [0.2, 0.25) is 0 Å². The third kappa shape index (κ3) is 5.25. The van der Waals surface area contributed by atoms with Crippen LogP contribution in [0.4, 0.5) is 13.2 Å². The minimum absolute atomic E-state index is 0.180. The standard InChI is InChI=1S/C19H23F3N4O2/c1-2-17-23-7-8-25(17)12-9-24-10-13-26(14-11-24)18(27)15-3-5-16(6-4-15)28-19(20,21)22/h3-8H,2,9-14H2,1H3. The van der Waals surface area contributed by atoms with E-state index in [2.05, 4.69) is 26.1 Å². The van der Waals surface area contributed by atoms with Crippen LogP contribution in [0, 0.1) is 0 Å². The van der Waals surface area contributed by atoms with Crippen LogP contribution in [0.25, 0.3) is 0 Å². The van der Waals surface area contributed by atoms with Gasteiger partial charge in [0.05, 0.1) is 0 Å². The lowest BCUT2D eigenvalue weighted by Gasteiger charge is -2.35. The molecule has 152 valence electrons. The first kappa shape index (κ1) is 20.2. The number of aryl methyl sites for hydroxylation is 1. The average molecular weight is 396 g/mol. The van der Waals surface area contributed by atoms with E-state index in [1.54, 1.807) is 11.1 Å². The van der Waals surface area contributed by atoms with Gasteiger partial charge in [0.2, 0.25) is 0 Å². The number of halogens is 3. The van der Waals surface area contributed by atoms with Crippen molar-refractivity contribution < 1.29 is 22.7 Å². The van der Waals surface area contributed by atoms with E-state index in [-0.39, 0.29) is 11.7 Å². The van der Waals surface area contributed by atoms with Crippen molar-refractivity contribution in [3.05, 3.63) is 48.0 Å². The minimum atomic E-state index is -4.74. The number of carbonyl (C=O) groups excluding carboxylic acids is 1. The SMILES string of the molecule is CCc1nccn1CCN1CCN(C(=O)c2ccc(OC(F)(F)F)cc2)CC1. The van der Waals surface area contributed by atoms with Crippen LogP contribution in [-0.2, 0) is 13.0 Å². The lowest BCUT2D eigenvalue weighted by Crippen LogP contribution is -2.49. The number of benzene rings is 1. The zero-order chi connectivity index (χ0) is 20.1. The van der Waals surface area contributed by atoms with E-state index in [1.807, 2.05) is 6.20 Å². The van der Waals surface area contributed by atoms with E-state index in [0.29, 0.717) is 18.7 Å². The summed E-state index contributed by atoms with van der Waals surface area (Å²) in [5.74, 6) is 0.549. The Bertz CT molecular complexity index is 781. The molecule has 1 aromatic heterocycles. The van der Waals surface area contributed by atoms with Gasteiger partial charge in [0.25, 0.3) is 5.91 Å². The zero-order valence-corrected chi connectivity index (χ0v) is 15.7. The van der Waals surface area contributed by atoms with Crippen LogP contribution in [0.5, 0.6) is 5.75 Å². The molecule has 0 aliphatic carbocycles. The molecule has 2 heterocycles. The van der Waals surface area contributed by atoms with Crippen LogP contribution in [0.3, 0.4) is 0 Å². The predicted molar refractivity (Wildman–Crippen MR) is 97.1 cm³/mol. The first-order chi connectivity index (χ1) is 13.4. The summed E-state index contributed by atoms with van der Waals surface area (Å²) in [5, 5.41) is 0. The van der Waals surface area contributed by atoms with Gasteiger partial charge in [-0.3, -0.25) is 9.69 Å². The predicted octanol–water partition coefficient (Wildman–Crippen LogP) is 2.80. The molecule has 0 bridgehead atoms. The summed E-state index contributed by atoms with van der Waals surface area (Å²) in [7, 11) is 0. The van der Waals surface area contributed by atoms with Crippen molar-refractivity contribution in [1.82, 2.24) is 19.4 Å². The van der Waals surface area contributed by atoms with Gasteiger partial charge in [-0.2, -0.15) is 0 Å². The Labute approximate surface area is 161 Å². The first-order valence-corrected chi connectivity index (χ1v) is 9.23. The number of imidazole rings is 1. The van der Waals surface area contributed by atoms with Crippen LogP contribution >= 0.6 is 0 Å². The van der Waals surface area contributed by atoms with E-state index in [9.17, 15) is 18.0 Å². The van der Waals surface area contributed by atoms with Gasteiger partial charge in [-0.15, -0.1) is 13.2 Å². The molecular formula is C19H23F3N4O2. The van der Waals surface area contributed by atoms with Crippen molar-refractivity contribution >= 4 is 5.91 Å². The molecular weight excluding hydrogens is 373 g/mol. The third-order valence-electron chi connectivity index (χ3n) is 4.77. The summed E-state index contributed by atoms with van der Waals surface area (Å²) in [6.45, 7) is 6.51. The fourth-order valence-electron chi connectivity index (χ4n) is 3.26. The molecule has 3 rings (SSSR count). The Kier molecular flexibility index (Phi) is 6.23. The average Bonchev–Trinajstić information content (AvgIpc) is 3.13.